The van der Waals surface area contributed by atoms with Gasteiger partial charge in [-0.05, 0) is 69.6 Å². The first-order valence-corrected chi connectivity index (χ1v) is 8.74. The van der Waals surface area contributed by atoms with E-state index in [2.05, 4.69) is 65.6 Å². The van der Waals surface area contributed by atoms with E-state index in [1.54, 1.807) is 0 Å². The van der Waals surface area contributed by atoms with E-state index >= 15 is 0 Å². The van der Waals surface area contributed by atoms with Crippen LogP contribution >= 0.6 is 12.2 Å². The second kappa shape index (κ2) is 6.77. The summed E-state index contributed by atoms with van der Waals surface area (Å²) in [5, 5.41) is 7.04. The van der Waals surface area contributed by atoms with E-state index in [-0.39, 0.29) is 5.54 Å². The van der Waals surface area contributed by atoms with Crippen LogP contribution in [-0.2, 0) is 6.42 Å². The summed E-state index contributed by atoms with van der Waals surface area (Å²) in [6.07, 6.45) is 4.13. The number of anilines is 3. The van der Waals surface area contributed by atoms with E-state index < -0.39 is 0 Å². The van der Waals surface area contributed by atoms with E-state index in [0.717, 1.165) is 30.9 Å². The zero-order valence-corrected chi connectivity index (χ0v) is 15.3. The lowest BCUT2D eigenvalue weighted by Gasteiger charge is -2.30. The third kappa shape index (κ3) is 4.03. The summed E-state index contributed by atoms with van der Waals surface area (Å²) in [6, 6.07) is 12.6. The van der Waals surface area contributed by atoms with Gasteiger partial charge in [-0.1, -0.05) is 18.2 Å². The first-order chi connectivity index (χ1) is 11.4. The Balaban J connectivity index is 1.73. The number of aromatic nitrogens is 1. The molecule has 0 saturated heterocycles. The van der Waals surface area contributed by atoms with Crippen molar-refractivity contribution in [3.8, 4) is 0 Å². The van der Waals surface area contributed by atoms with Gasteiger partial charge in [0.15, 0.2) is 5.11 Å². The van der Waals surface area contributed by atoms with Crippen molar-refractivity contribution in [2.24, 2.45) is 0 Å². The van der Waals surface area contributed by atoms with Crippen LogP contribution in [0, 0.1) is 0 Å². The SMILES string of the molecule is CC(C)(C)NC(=S)Nc1ccc(N2CCCc3ccccc32)nc1. The van der Waals surface area contributed by atoms with Gasteiger partial charge in [0.2, 0.25) is 0 Å². The van der Waals surface area contributed by atoms with Crippen LogP contribution in [0.4, 0.5) is 17.2 Å². The Morgan fingerprint density at radius 1 is 1.17 bits per heavy atom. The Morgan fingerprint density at radius 3 is 2.67 bits per heavy atom. The van der Waals surface area contributed by atoms with Gasteiger partial charge in [-0.25, -0.2) is 4.98 Å². The largest absolute Gasteiger partial charge is 0.358 e. The average molecular weight is 340 g/mol. The van der Waals surface area contributed by atoms with Crippen molar-refractivity contribution in [2.45, 2.75) is 39.2 Å². The normalized spacial score (nSPS) is 14.0. The molecule has 0 saturated carbocycles. The van der Waals surface area contributed by atoms with Crippen LogP contribution in [0.3, 0.4) is 0 Å². The van der Waals surface area contributed by atoms with Crippen LogP contribution in [0.25, 0.3) is 0 Å². The third-order valence-corrected chi connectivity index (χ3v) is 4.09. The molecule has 5 heteroatoms. The van der Waals surface area contributed by atoms with Crippen LogP contribution in [0.15, 0.2) is 42.6 Å². The van der Waals surface area contributed by atoms with Crippen molar-refractivity contribution in [2.75, 3.05) is 16.8 Å². The number of nitrogens with one attached hydrogen (secondary N) is 2. The average Bonchev–Trinajstić information content (AvgIpc) is 2.53. The molecule has 126 valence electrons. The molecule has 0 spiro atoms. The van der Waals surface area contributed by atoms with Crippen LogP contribution in [0.2, 0.25) is 0 Å². The van der Waals surface area contributed by atoms with Gasteiger partial charge in [-0.3, -0.25) is 0 Å². The number of benzene rings is 1. The highest BCUT2D eigenvalue weighted by molar-refractivity contribution is 7.80. The van der Waals surface area contributed by atoms with E-state index in [0.29, 0.717) is 5.11 Å². The predicted octanol–water partition coefficient (Wildman–Crippen LogP) is 4.25. The quantitative estimate of drug-likeness (QED) is 0.800. The molecule has 0 amide bonds. The number of hydrogen-bond donors (Lipinski definition) is 2. The Morgan fingerprint density at radius 2 is 1.96 bits per heavy atom. The molecule has 0 unspecified atom stereocenters. The highest BCUT2D eigenvalue weighted by atomic mass is 32.1. The minimum absolute atomic E-state index is 0.0606. The molecule has 2 heterocycles. The Labute approximate surface area is 149 Å². The number of fused-ring (bicyclic) bond motifs is 1. The third-order valence-electron chi connectivity index (χ3n) is 3.88. The monoisotopic (exact) mass is 340 g/mol. The van der Waals surface area contributed by atoms with E-state index in [4.69, 9.17) is 12.2 Å². The smallest absolute Gasteiger partial charge is 0.171 e. The summed E-state index contributed by atoms with van der Waals surface area (Å²) in [7, 11) is 0. The van der Waals surface area contributed by atoms with Gasteiger partial charge in [-0.15, -0.1) is 0 Å². The first-order valence-electron chi connectivity index (χ1n) is 8.33. The number of pyridine rings is 1. The molecule has 1 aliphatic rings. The summed E-state index contributed by atoms with van der Waals surface area (Å²) in [5.41, 5.74) is 3.49. The fourth-order valence-corrected chi connectivity index (χ4v) is 3.32. The topological polar surface area (TPSA) is 40.2 Å². The zero-order valence-electron chi connectivity index (χ0n) is 14.5. The van der Waals surface area contributed by atoms with Crippen molar-refractivity contribution < 1.29 is 0 Å². The summed E-state index contributed by atoms with van der Waals surface area (Å²) in [4.78, 5) is 6.91. The van der Waals surface area contributed by atoms with Crippen LogP contribution in [0.1, 0.15) is 32.8 Å². The fourth-order valence-electron chi connectivity index (χ4n) is 2.89. The molecule has 2 aromatic rings. The number of thiocarbonyl (C=S) groups is 1. The van der Waals surface area contributed by atoms with Gasteiger partial charge in [0, 0.05) is 17.8 Å². The highest BCUT2D eigenvalue weighted by Gasteiger charge is 2.18. The molecular formula is C19H24N4S. The lowest BCUT2D eigenvalue weighted by atomic mass is 10.0. The standard InChI is InChI=1S/C19H24N4S/c1-19(2,3)22-18(24)21-15-10-11-17(20-13-15)23-12-6-8-14-7-4-5-9-16(14)23/h4-5,7,9-11,13H,6,8,12H2,1-3H3,(H2,21,22,24). The maximum Gasteiger partial charge on any atom is 0.171 e. The summed E-state index contributed by atoms with van der Waals surface area (Å²) in [5.74, 6) is 0.974. The summed E-state index contributed by atoms with van der Waals surface area (Å²) >= 11 is 5.33. The fraction of sp³-hybridized carbons (Fsp3) is 0.368. The Bertz CT molecular complexity index is 719. The van der Waals surface area contributed by atoms with Crippen molar-refractivity contribution in [1.82, 2.24) is 10.3 Å². The number of aryl methyl sites for hydroxylation is 1. The van der Waals surface area contributed by atoms with Crippen LogP contribution in [0.5, 0.6) is 0 Å². The molecule has 0 fully saturated rings. The van der Waals surface area contributed by atoms with Crippen molar-refractivity contribution in [1.29, 1.82) is 0 Å². The summed E-state index contributed by atoms with van der Waals surface area (Å²) in [6.45, 7) is 7.24. The van der Waals surface area contributed by atoms with Gasteiger partial charge in [0.05, 0.1) is 11.9 Å². The van der Waals surface area contributed by atoms with Crippen molar-refractivity contribution in [3.63, 3.8) is 0 Å². The number of hydrogen-bond acceptors (Lipinski definition) is 3. The van der Waals surface area contributed by atoms with Gasteiger partial charge >= 0.3 is 0 Å². The van der Waals surface area contributed by atoms with Gasteiger partial charge in [0.25, 0.3) is 0 Å². The second-order valence-corrected chi connectivity index (χ2v) is 7.53. The molecule has 24 heavy (non-hydrogen) atoms. The molecule has 4 nitrogen and oxygen atoms in total. The number of nitrogens with zero attached hydrogens (tertiary/aromatic N) is 2. The number of rotatable bonds is 2. The minimum atomic E-state index is -0.0606. The summed E-state index contributed by atoms with van der Waals surface area (Å²) < 4.78 is 0. The maximum absolute atomic E-state index is 5.33. The van der Waals surface area contributed by atoms with E-state index in [1.807, 2.05) is 18.3 Å². The Kier molecular flexibility index (Phi) is 4.71. The van der Waals surface area contributed by atoms with Crippen molar-refractivity contribution in [3.05, 3.63) is 48.2 Å². The van der Waals surface area contributed by atoms with Crippen LogP contribution in [-0.4, -0.2) is 22.2 Å². The van der Waals surface area contributed by atoms with E-state index in [1.165, 1.54) is 11.3 Å². The lowest BCUT2D eigenvalue weighted by Crippen LogP contribution is -2.42. The lowest BCUT2D eigenvalue weighted by molar-refractivity contribution is 0.515. The molecule has 0 bridgehead atoms. The second-order valence-electron chi connectivity index (χ2n) is 7.12. The molecule has 2 N–H and O–H groups in total. The number of para-hydroxylation sites is 1. The molecule has 1 aromatic carbocycles. The maximum atomic E-state index is 5.33. The minimum Gasteiger partial charge on any atom is -0.358 e. The van der Waals surface area contributed by atoms with Crippen LogP contribution < -0.4 is 15.5 Å². The zero-order chi connectivity index (χ0) is 17.2. The molecule has 3 rings (SSSR count). The highest BCUT2D eigenvalue weighted by Crippen LogP contribution is 2.32. The molecular weight excluding hydrogens is 316 g/mol. The first kappa shape index (κ1) is 16.7. The molecule has 1 aliphatic heterocycles. The molecule has 0 radical (unpaired) electrons. The molecule has 0 atom stereocenters. The molecule has 1 aromatic heterocycles. The molecule has 0 aliphatic carbocycles. The van der Waals surface area contributed by atoms with Gasteiger partial charge in [0.1, 0.15) is 5.82 Å². The Hall–Kier alpha value is -2.14. The van der Waals surface area contributed by atoms with Gasteiger partial charge < -0.3 is 15.5 Å². The van der Waals surface area contributed by atoms with Gasteiger partial charge in [-0.2, -0.15) is 0 Å². The van der Waals surface area contributed by atoms with E-state index in [9.17, 15) is 0 Å². The predicted molar refractivity (Wildman–Crippen MR) is 105 cm³/mol. The van der Waals surface area contributed by atoms with Crippen molar-refractivity contribution >= 4 is 34.5 Å².